The van der Waals surface area contributed by atoms with E-state index in [1.54, 1.807) is 11.3 Å². The summed E-state index contributed by atoms with van der Waals surface area (Å²) in [4.78, 5) is 20.2. The van der Waals surface area contributed by atoms with E-state index in [-0.39, 0.29) is 11.6 Å². The van der Waals surface area contributed by atoms with Gasteiger partial charge in [0.1, 0.15) is 0 Å². The van der Waals surface area contributed by atoms with Crippen LogP contribution in [-0.4, -0.2) is 21.6 Å². The molecule has 0 saturated carbocycles. The highest BCUT2D eigenvalue weighted by atomic mass is 32.1. The molecule has 104 valence electrons. The molecular formula is C13H14N4OS2. The third-order valence-corrected chi connectivity index (χ3v) is 5.24. The second-order valence-electron chi connectivity index (χ2n) is 4.62. The van der Waals surface area contributed by atoms with E-state index in [0.717, 1.165) is 10.8 Å². The van der Waals surface area contributed by atoms with Gasteiger partial charge in [0.2, 0.25) is 10.1 Å². The lowest BCUT2D eigenvalue weighted by molar-refractivity contribution is 0.736. The summed E-state index contributed by atoms with van der Waals surface area (Å²) < 4.78 is 1.37. The first-order valence-electron chi connectivity index (χ1n) is 6.20. The number of nitrogens with zero attached hydrogens (tertiary/aromatic N) is 4. The summed E-state index contributed by atoms with van der Waals surface area (Å²) in [5.74, 6) is 0. The van der Waals surface area contributed by atoms with Crippen LogP contribution in [0, 0.1) is 6.92 Å². The zero-order valence-corrected chi connectivity index (χ0v) is 13.0. The maximum Gasteiger partial charge on any atom is 0.275 e. The van der Waals surface area contributed by atoms with Gasteiger partial charge < -0.3 is 4.90 Å². The van der Waals surface area contributed by atoms with Crippen LogP contribution in [0.3, 0.4) is 0 Å². The number of thiophene rings is 1. The second-order valence-corrected chi connectivity index (χ2v) is 6.53. The second kappa shape index (κ2) is 4.99. The normalized spacial score (nSPS) is 12.8. The summed E-state index contributed by atoms with van der Waals surface area (Å²) in [6.45, 7) is 3.94. The van der Waals surface area contributed by atoms with Crippen molar-refractivity contribution in [2.45, 2.75) is 19.9 Å². The van der Waals surface area contributed by atoms with Crippen molar-refractivity contribution in [3.8, 4) is 0 Å². The van der Waals surface area contributed by atoms with Crippen LogP contribution in [0.5, 0.6) is 0 Å². The molecule has 0 unspecified atom stereocenters. The van der Waals surface area contributed by atoms with E-state index in [1.807, 2.05) is 20.0 Å². The zero-order valence-electron chi connectivity index (χ0n) is 11.4. The van der Waals surface area contributed by atoms with Crippen molar-refractivity contribution in [2.24, 2.45) is 0 Å². The third-order valence-electron chi connectivity index (χ3n) is 3.20. The van der Waals surface area contributed by atoms with Gasteiger partial charge in [0.25, 0.3) is 5.56 Å². The Labute approximate surface area is 124 Å². The van der Waals surface area contributed by atoms with Gasteiger partial charge in [-0.2, -0.15) is 4.52 Å². The first-order chi connectivity index (χ1) is 9.56. The molecule has 3 rings (SSSR count). The Bertz CT molecular complexity index is 790. The SMILES string of the molecule is Cc1cc(=O)n2nc(N(C)[C@@H](C)c3cccs3)sc2n1. The molecule has 0 aliphatic carbocycles. The quantitative estimate of drug-likeness (QED) is 0.746. The van der Waals surface area contributed by atoms with Gasteiger partial charge in [-0.3, -0.25) is 4.79 Å². The molecule has 3 aromatic rings. The first kappa shape index (κ1) is 13.3. The van der Waals surface area contributed by atoms with Crippen molar-refractivity contribution < 1.29 is 0 Å². The Morgan fingerprint density at radius 3 is 2.95 bits per heavy atom. The van der Waals surface area contributed by atoms with Crippen LogP contribution in [0.25, 0.3) is 4.96 Å². The summed E-state index contributed by atoms with van der Waals surface area (Å²) in [5, 5.41) is 7.23. The van der Waals surface area contributed by atoms with Crippen molar-refractivity contribution in [1.29, 1.82) is 0 Å². The monoisotopic (exact) mass is 306 g/mol. The lowest BCUT2D eigenvalue weighted by Crippen LogP contribution is -2.21. The van der Waals surface area contributed by atoms with Gasteiger partial charge in [-0.15, -0.1) is 16.4 Å². The smallest absolute Gasteiger partial charge is 0.275 e. The summed E-state index contributed by atoms with van der Waals surface area (Å²) in [7, 11) is 1.99. The molecule has 0 aliphatic heterocycles. The van der Waals surface area contributed by atoms with E-state index in [4.69, 9.17) is 0 Å². The molecule has 0 amide bonds. The van der Waals surface area contributed by atoms with Crippen molar-refractivity contribution >= 4 is 32.8 Å². The van der Waals surface area contributed by atoms with Crippen molar-refractivity contribution in [3.63, 3.8) is 0 Å². The summed E-state index contributed by atoms with van der Waals surface area (Å²) in [6, 6.07) is 5.86. The highest BCUT2D eigenvalue weighted by molar-refractivity contribution is 7.20. The van der Waals surface area contributed by atoms with Crippen LogP contribution < -0.4 is 10.5 Å². The Morgan fingerprint density at radius 2 is 2.25 bits per heavy atom. The van der Waals surface area contributed by atoms with E-state index in [0.29, 0.717) is 4.96 Å². The number of fused-ring (bicyclic) bond motifs is 1. The van der Waals surface area contributed by atoms with Gasteiger partial charge in [-0.1, -0.05) is 17.4 Å². The molecule has 7 heteroatoms. The highest BCUT2D eigenvalue weighted by Gasteiger charge is 2.18. The molecule has 0 aliphatic rings. The molecule has 1 atom stereocenters. The van der Waals surface area contributed by atoms with E-state index in [9.17, 15) is 4.79 Å². The Morgan fingerprint density at radius 1 is 1.45 bits per heavy atom. The number of rotatable bonds is 3. The van der Waals surface area contributed by atoms with Crippen LogP contribution in [0.1, 0.15) is 23.5 Å². The minimum Gasteiger partial charge on any atom is -0.342 e. The van der Waals surface area contributed by atoms with Gasteiger partial charge in [-0.25, -0.2) is 4.98 Å². The molecule has 20 heavy (non-hydrogen) atoms. The number of anilines is 1. The van der Waals surface area contributed by atoms with Crippen LogP contribution in [0.4, 0.5) is 5.13 Å². The maximum atomic E-state index is 11.9. The number of aryl methyl sites for hydroxylation is 1. The summed E-state index contributed by atoms with van der Waals surface area (Å²) in [5.41, 5.74) is 0.589. The number of aromatic nitrogens is 3. The van der Waals surface area contributed by atoms with Crippen LogP contribution in [-0.2, 0) is 0 Å². The van der Waals surface area contributed by atoms with Crippen LogP contribution in [0.15, 0.2) is 28.4 Å². The van der Waals surface area contributed by atoms with Crippen LogP contribution in [0.2, 0.25) is 0 Å². The molecule has 0 spiro atoms. The van der Waals surface area contributed by atoms with Crippen molar-refractivity contribution in [2.75, 3.05) is 11.9 Å². The topological polar surface area (TPSA) is 50.5 Å². The molecule has 0 fully saturated rings. The fourth-order valence-corrected chi connectivity index (χ4v) is 3.76. The fraction of sp³-hybridized carbons (Fsp3) is 0.308. The molecule has 0 saturated heterocycles. The summed E-state index contributed by atoms with van der Waals surface area (Å²) in [6.07, 6.45) is 0. The summed E-state index contributed by atoms with van der Waals surface area (Å²) >= 11 is 3.15. The zero-order chi connectivity index (χ0) is 14.3. The highest BCUT2D eigenvalue weighted by Crippen LogP contribution is 2.30. The van der Waals surface area contributed by atoms with E-state index >= 15 is 0 Å². The number of hydrogen-bond donors (Lipinski definition) is 0. The van der Waals surface area contributed by atoms with E-state index in [1.165, 1.54) is 26.8 Å². The average molecular weight is 306 g/mol. The van der Waals surface area contributed by atoms with E-state index in [2.05, 4.69) is 33.4 Å². The molecule has 3 aromatic heterocycles. The fourth-order valence-electron chi connectivity index (χ4n) is 1.94. The predicted molar refractivity (Wildman–Crippen MR) is 83.0 cm³/mol. The molecule has 0 N–H and O–H groups in total. The minimum atomic E-state index is -0.132. The Balaban J connectivity index is 2.02. The van der Waals surface area contributed by atoms with Gasteiger partial charge >= 0.3 is 0 Å². The van der Waals surface area contributed by atoms with Crippen molar-refractivity contribution in [3.05, 3.63) is 44.5 Å². The third kappa shape index (κ3) is 2.23. The standard InChI is InChI=1S/C13H14N4OS2/c1-8-7-11(18)17-12(14-8)20-13(15-17)16(3)9(2)10-5-4-6-19-10/h4-7,9H,1-3H3/t9-/m0/s1. The first-order valence-corrected chi connectivity index (χ1v) is 7.89. The van der Waals surface area contributed by atoms with E-state index < -0.39 is 0 Å². The lowest BCUT2D eigenvalue weighted by Gasteiger charge is -2.22. The maximum absolute atomic E-state index is 11.9. The molecule has 5 nitrogen and oxygen atoms in total. The Kier molecular flexibility index (Phi) is 3.31. The molecule has 0 bridgehead atoms. The lowest BCUT2D eigenvalue weighted by atomic mass is 10.2. The van der Waals surface area contributed by atoms with Crippen molar-refractivity contribution in [1.82, 2.24) is 14.6 Å². The molecule has 3 heterocycles. The predicted octanol–water partition coefficient (Wildman–Crippen LogP) is 2.72. The molecular weight excluding hydrogens is 292 g/mol. The van der Waals surface area contributed by atoms with Crippen LogP contribution >= 0.6 is 22.7 Å². The van der Waals surface area contributed by atoms with Gasteiger partial charge in [0, 0.05) is 23.7 Å². The molecule has 0 radical (unpaired) electrons. The largest absolute Gasteiger partial charge is 0.342 e. The van der Waals surface area contributed by atoms with Gasteiger partial charge in [0.15, 0.2) is 0 Å². The number of hydrogen-bond acceptors (Lipinski definition) is 6. The minimum absolute atomic E-state index is 0.132. The average Bonchev–Trinajstić information content (AvgIpc) is 3.05. The van der Waals surface area contributed by atoms with Gasteiger partial charge in [0.05, 0.1) is 6.04 Å². The Hall–Kier alpha value is -1.73. The molecule has 0 aromatic carbocycles. The van der Waals surface area contributed by atoms with Gasteiger partial charge in [-0.05, 0) is 25.3 Å².